The van der Waals surface area contributed by atoms with Crippen molar-refractivity contribution in [3.05, 3.63) is 0 Å². The zero-order valence-corrected chi connectivity index (χ0v) is 14.9. The highest BCUT2D eigenvalue weighted by Gasteiger charge is 2.16. The molecule has 0 aromatic carbocycles. The van der Waals surface area contributed by atoms with Crippen molar-refractivity contribution in [2.75, 3.05) is 60.2 Å². The molecule has 0 bridgehead atoms. The number of amides is 1. The topological polar surface area (TPSA) is 120 Å². The molecule has 8 N–H and O–H groups in total. The maximum absolute atomic E-state index is 12.3. The number of carbonyl (C=O) groups is 1. The van der Waals surface area contributed by atoms with Gasteiger partial charge in [-0.15, -0.1) is 0 Å². The number of carbonyl (C=O) groups excluding carboxylic acids is 1. The molecular weight excluding hydrogens is 294 g/mol. The lowest BCUT2D eigenvalue weighted by Gasteiger charge is -2.19. The number of nitrogens with zero attached hydrogens (tertiary/aromatic N) is 1. The predicted octanol–water partition coefficient (Wildman–Crippen LogP) is -1.81. The fourth-order valence-electron chi connectivity index (χ4n) is 2.04. The molecule has 8 heteroatoms. The molecule has 0 aliphatic carbocycles. The van der Waals surface area contributed by atoms with Gasteiger partial charge in [0.05, 0.1) is 12.7 Å². The molecule has 23 heavy (non-hydrogen) atoms. The van der Waals surface area contributed by atoms with E-state index in [1.54, 1.807) is 0 Å². The first-order valence-electron chi connectivity index (χ1n) is 8.59. The Morgan fingerprint density at radius 1 is 1.00 bits per heavy atom. The summed E-state index contributed by atoms with van der Waals surface area (Å²) in [6.07, 6.45) is 3.61. The molecule has 0 aromatic heterocycles. The lowest BCUT2D eigenvalue weighted by atomic mass is 10.1. The molecule has 0 aliphatic rings. The van der Waals surface area contributed by atoms with Crippen molar-refractivity contribution in [2.24, 2.45) is 11.5 Å². The Hall–Kier alpha value is -0.770. The van der Waals surface area contributed by atoms with E-state index in [4.69, 9.17) is 11.5 Å². The molecule has 0 spiro atoms. The highest BCUT2D eigenvalue weighted by molar-refractivity contribution is 5.81. The van der Waals surface area contributed by atoms with Crippen LogP contribution in [0.5, 0.6) is 0 Å². The van der Waals surface area contributed by atoms with Gasteiger partial charge in [-0.3, -0.25) is 15.0 Å². The summed E-state index contributed by atoms with van der Waals surface area (Å²) in [5.74, 6) is 0.0373. The molecule has 8 nitrogen and oxygen atoms in total. The van der Waals surface area contributed by atoms with Gasteiger partial charge >= 0.3 is 0 Å². The lowest BCUT2D eigenvalue weighted by molar-refractivity contribution is -0.123. The quantitative estimate of drug-likeness (QED) is 0.146. The van der Waals surface area contributed by atoms with Crippen LogP contribution in [-0.4, -0.2) is 77.0 Å². The molecule has 1 amide bonds. The highest BCUT2D eigenvalue weighted by atomic mass is 16.2. The molecule has 0 radical (unpaired) electrons. The van der Waals surface area contributed by atoms with E-state index in [2.05, 4.69) is 21.3 Å². The summed E-state index contributed by atoms with van der Waals surface area (Å²) in [5.41, 5.74) is 11.0. The van der Waals surface area contributed by atoms with Crippen molar-refractivity contribution in [1.29, 1.82) is 0 Å². The lowest BCUT2D eigenvalue weighted by Crippen LogP contribution is -2.48. The second-order valence-electron chi connectivity index (χ2n) is 5.89. The maximum atomic E-state index is 12.3. The number of hydrogen-bond acceptors (Lipinski definition) is 7. The molecule has 0 saturated heterocycles. The van der Waals surface area contributed by atoms with E-state index in [0.717, 1.165) is 52.0 Å². The summed E-state index contributed by atoms with van der Waals surface area (Å²) in [7, 11) is 3.95. The fraction of sp³-hybridized carbons (Fsp3) is 0.933. The van der Waals surface area contributed by atoms with Gasteiger partial charge in [-0.25, -0.2) is 0 Å². The van der Waals surface area contributed by atoms with E-state index in [1.807, 2.05) is 19.0 Å². The van der Waals surface area contributed by atoms with E-state index < -0.39 is 0 Å². The van der Waals surface area contributed by atoms with Crippen LogP contribution in [0.4, 0.5) is 0 Å². The van der Waals surface area contributed by atoms with Crippen LogP contribution in [0.25, 0.3) is 0 Å². The minimum absolute atomic E-state index is 0.0373. The molecule has 1 atom stereocenters. The summed E-state index contributed by atoms with van der Waals surface area (Å²) in [6, 6.07) is -0.168. The van der Waals surface area contributed by atoms with Gasteiger partial charge in [-0.1, -0.05) is 0 Å². The van der Waals surface area contributed by atoms with Gasteiger partial charge in [0.15, 0.2) is 0 Å². The highest BCUT2D eigenvalue weighted by Crippen LogP contribution is 1.97. The van der Waals surface area contributed by atoms with Crippen LogP contribution in [-0.2, 0) is 4.79 Å². The third-order valence-electron chi connectivity index (χ3n) is 3.31. The van der Waals surface area contributed by atoms with Crippen LogP contribution in [0.2, 0.25) is 0 Å². The largest absolute Gasteiger partial charge is 0.342 e. The van der Waals surface area contributed by atoms with Gasteiger partial charge in [0.2, 0.25) is 5.91 Å². The summed E-state index contributed by atoms with van der Waals surface area (Å²) in [6.45, 7) is 5.15. The van der Waals surface area contributed by atoms with E-state index in [0.29, 0.717) is 19.8 Å². The molecule has 0 rings (SSSR count). The first kappa shape index (κ1) is 22.2. The van der Waals surface area contributed by atoms with Gasteiger partial charge in [-0.2, -0.15) is 0 Å². The van der Waals surface area contributed by atoms with Crippen LogP contribution < -0.4 is 32.7 Å². The smallest absolute Gasteiger partial charge is 0.238 e. The van der Waals surface area contributed by atoms with Gasteiger partial charge in [-0.05, 0) is 72.5 Å². The van der Waals surface area contributed by atoms with Crippen molar-refractivity contribution >= 4 is 5.91 Å². The predicted molar refractivity (Wildman–Crippen MR) is 95.9 cm³/mol. The summed E-state index contributed by atoms with van der Waals surface area (Å²) in [4.78, 5) is 14.3. The van der Waals surface area contributed by atoms with E-state index >= 15 is 0 Å². The van der Waals surface area contributed by atoms with E-state index in [-0.39, 0.29) is 11.9 Å². The van der Waals surface area contributed by atoms with Crippen molar-refractivity contribution in [2.45, 2.75) is 31.7 Å². The first-order chi connectivity index (χ1) is 11.1. The monoisotopic (exact) mass is 331 g/mol. The molecule has 138 valence electrons. The zero-order valence-electron chi connectivity index (χ0n) is 14.9. The van der Waals surface area contributed by atoms with Crippen molar-refractivity contribution in [1.82, 2.24) is 26.2 Å². The van der Waals surface area contributed by atoms with Crippen LogP contribution in [0.15, 0.2) is 0 Å². The molecule has 0 heterocycles. The van der Waals surface area contributed by atoms with Crippen LogP contribution in [0.1, 0.15) is 25.7 Å². The van der Waals surface area contributed by atoms with Crippen LogP contribution in [0, 0.1) is 0 Å². The standard InChI is InChI=1S/C15H37N7O/c1-22(2)13-19-12-21-15(23)14(20-11-5-8-17)6-3-9-18-10-4-7-16/h14,18-20H,3-13,16-17H2,1-2H3,(H,21,23). The minimum atomic E-state index is -0.168. The Balaban J connectivity index is 3.98. The van der Waals surface area contributed by atoms with Gasteiger partial charge in [0.25, 0.3) is 0 Å². The van der Waals surface area contributed by atoms with Crippen LogP contribution in [0.3, 0.4) is 0 Å². The summed E-state index contributed by atoms with van der Waals surface area (Å²) in [5, 5.41) is 12.7. The Kier molecular flexibility index (Phi) is 15.6. The van der Waals surface area contributed by atoms with E-state index in [1.165, 1.54) is 0 Å². The molecule has 1 unspecified atom stereocenters. The molecular formula is C15H37N7O. The van der Waals surface area contributed by atoms with E-state index in [9.17, 15) is 4.79 Å². The van der Waals surface area contributed by atoms with Crippen molar-refractivity contribution in [3.8, 4) is 0 Å². The zero-order chi connectivity index (χ0) is 17.3. The van der Waals surface area contributed by atoms with Gasteiger partial charge in [0, 0.05) is 6.67 Å². The Labute approximate surface area is 141 Å². The third-order valence-corrected chi connectivity index (χ3v) is 3.31. The Bertz CT molecular complexity index is 277. The normalized spacial score (nSPS) is 12.6. The van der Waals surface area contributed by atoms with Crippen molar-refractivity contribution in [3.63, 3.8) is 0 Å². The van der Waals surface area contributed by atoms with Crippen molar-refractivity contribution < 1.29 is 4.79 Å². The van der Waals surface area contributed by atoms with Crippen LogP contribution >= 0.6 is 0 Å². The number of rotatable bonds is 16. The second-order valence-corrected chi connectivity index (χ2v) is 5.89. The Morgan fingerprint density at radius 3 is 2.30 bits per heavy atom. The second kappa shape index (κ2) is 16.1. The summed E-state index contributed by atoms with van der Waals surface area (Å²) >= 11 is 0. The maximum Gasteiger partial charge on any atom is 0.238 e. The molecule has 0 aromatic rings. The third kappa shape index (κ3) is 14.5. The van der Waals surface area contributed by atoms with Gasteiger partial charge < -0.3 is 27.4 Å². The average molecular weight is 332 g/mol. The molecule has 0 fully saturated rings. The number of nitrogens with one attached hydrogen (secondary N) is 4. The average Bonchev–Trinajstić information content (AvgIpc) is 2.52. The Morgan fingerprint density at radius 2 is 1.65 bits per heavy atom. The SMILES string of the molecule is CN(C)CNCNC(=O)C(CCCNCCCN)NCCCN. The fourth-order valence-corrected chi connectivity index (χ4v) is 2.04. The van der Waals surface area contributed by atoms with Gasteiger partial charge in [0.1, 0.15) is 0 Å². The number of hydrogen-bond donors (Lipinski definition) is 6. The molecule has 0 aliphatic heterocycles. The molecule has 0 saturated carbocycles. The first-order valence-corrected chi connectivity index (χ1v) is 8.59. The summed E-state index contributed by atoms with van der Waals surface area (Å²) < 4.78 is 0. The number of nitrogens with two attached hydrogens (primary N) is 2. The minimum Gasteiger partial charge on any atom is -0.342 e.